The maximum atomic E-state index is 15.1. The van der Waals surface area contributed by atoms with Gasteiger partial charge in [0.05, 0.1) is 0 Å². The van der Waals surface area contributed by atoms with Gasteiger partial charge in [0.15, 0.2) is 0 Å². The highest BCUT2D eigenvalue weighted by molar-refractivity contribution is 5.68. The van der Waals surface area contributed by atoms with Crippen LogP contribution < -0.4 is 0 Å². The molecule has 5 heteroatoms. The highest BCUT2D eigenvalue weighted by Crippen LogP contribution is 2.41. The lowest BCUT2D eigenvalue weighted by Gasteiger charge is -2.20. The van der Waals surface area contributed by atoms with Crippen LogP contribution in [0, 0.1) is 5.82 Å². The molecule has 0 atom stereocenters. The smallest absolute Gasteiger partial charge is 0.303 e. The predicted octanol–water partition coefficient (Wildman–Crippen LogP) is 7.11. The molecule has 0 aliphatic heterocycles. The SMILES string of the molecule is O=C(O)CCCc1ccc(C(F)(F)Cc2cc(F)ccc2-c2ccc(C3CC3)cc2)cc1. The lowest BCUT2D eigenvalue weighted by atomic mass is 9.92. The summed E-state index contributed by atoms with van der Waals surface area (Å²) >= 11 is 0. The van der Waals surface area contributed by atoms with Crippen molar-refractivity contribution >= 4 is 5.97 Å². The zero-order chi connectivity index (χ0) is 22.7. The Morgan fingerprint density at radius 1 is 0.969 bits per heavy atom. The van der Waals surface area contributed by atoms with E-state index in [9.17, 15) is 9.18 Å². The molecule has 1 N–H and O–H groups in total. The third-order valence-corrected chi connectivity index (χ3v) is 5.98. The van der Waals surface area contributed by atoms with E-state index in [4.69, 9.17) is 5.11 Å². The Bertz CT molecular complexity index is 1080. The summed E-state index contributed by atoms with van der Waals surface area (Å²) in [5.74, 6) is -3.98. The molecule has 1 fully saturated rings. The van der Waals surface area contributed by atoms with E-state index in [1.54, 1.807) is 18.2 Å². The summed E-state index contributed by atoms with van der Waals surface area (Å²) in [6, 6.07) is 17.9. The third-order valence-electron chi connectivity index (χ3n) is 5.98. The lowest BCUT2D eigenvalue weighted by Crippen LogP contribution is -2.17. The second kappa shape index (κ2) is 9.19. The highest BCUT2D eigenvalue weighted by Gasteiger charge is 2.33. The van der Waals surface area contributed by atoms with Crippen molar-refractivity contribution in [2.75, 3.05) is 0 Å². The molecule has 1 saturated carbocycles. The lowest BCUT2D eigenvalue weighted by molar-refractivity contribution is -0.137. The van der Waals surface area contributed by atoms with Crippen molar-refractivity contribution < 1.29 is 23.1 Å². The van der Waals surface area contributed by atoms with Gasteiger partial charge in [-0.05, 0) is 71.6 Å². The first kappa shape index (κ1) is 22.1. The normalized spacial score (nSPS) is 13.8. The van der Waals surface area contributed by atoms with E-state index < -0.39 is 24.1 Å². The molecule has 1 aliphatic carbocycles. The quantitative estimate of drug-likeness (QED) is 0.386. The maximum absolute atomic E-state index is 15.1. The van der Waals surface area contributed by atoms with Crippen LogP contribution in [-0.2, 0) is 23.6 Å². The molecule has 3 aromatic rings. The van der Waals surface area contributed by atoms with Crippen LogP contribution in [0.4, 0.5) is 13.2 Å². The third kappa shape index (κ3) is 5.39. The van der Waals surface area contributed by atoms with E-state index in [0.29, 0.717) is 24.3 Å². The minimum absolute atomic E-state index is 0.0435. The number of alkyl halides is 2. The Morgan fingerprint density at radius 2 is 1.66 bits per heavy atom. The number of aryl methyl sites for hydroxylation is 1. The van der Waals surface area contributed by atoms with Gasteiger partial charge in [-0.1, -0.05) is 54.6 Å². The van der Waals surface area contributed by atoms with Crippen molar-refractivity contribution in [2.45, 2.75) is 50.4 Å². The molecule has 0 amide bonds. The standard InChI is InChI=1S/C27H25F3O2/c28-24-14-15-25(21-10-8-20(9-11-21)19-6-7-19)22(16-24)17-27(29,30)23-12-4-18(5-13-23)2-1-3-26(31)32/h4-5,8-16,19H,1-3,6-7,17H2,(H,31,32). The van der Waals surface area contributed by atoms with Gasteiger partial charge in [0.2, 0.25) is 0 Å². The number of halogens is 3. The fourth-order valence-corrected chi connectivity index (χ4v) is 4.04. The van der Waals surface area contributed by atoms with Crippen molar-refractivity contribution in [2.24, 2.45) is 0 Å². The molecule has 0 heterocycles. The molecule has 1 aliphatic rings. The van der Waals surface area contributed by atoms with Gasteiger partial charge in [-0.2, -0.15) is 0 Å². The van der Waals surface area contributed by atoms with Crippen LogP contribution in [0.3, 0.4) is 0 Å². The minimum Gasteiger partial charge on any atom is -0.481 e. The van der Waals surface area contributed by atoms with Crippen LogP contribution in [0.1, 0.15) is 53.9 Å². The van der Waals surface area contributed by atoms with Crippen molar-refractivity contribution in [3.05, 3.63) is 94.8 Å². The summed E-state index contributed by atoms with van der Waals surface area (Å²) < 4.78 is 44.2. The van der Waals surface area contributed by atoms with Gasteiger partial charge < -0.3 is 5.11 Å². The van der Waals surface area contributed by atoms with Crippen LogP contribution in [0.5, 0.6) is 0 Å². The molecule has 0 bridgehead atoms. The molecule has 4 rings (SSSR count). The minimum atomic E-state index is -3.17. The number of hydrogen-bond donors (Lipinski definition) is 1. The Morgan fingerprint density at radius 3 is 2.28 bits per heavy atom. The molecule has 3 aromatic carbocycles. The molecule has 2 nitrogen and oxygen atoms in total. The monoisotopic (exact) mass is 438 g/mol. The average molecular weight is 438 g/mol. The van der Waals surface area contributed by atoms with Crippen LogP contribution in [0.25, 0.3) is 11.1 Å². The first-order valence-corrected chi connectivity index (χ1v) is 10.9. The Hall–Kier alpha value is -3.08. The van der Waals surface area contributed by atoms with Gasteiger partial charge in [-0.15, -0.1) is 0 Å². The van der Waals surface area contributed by atoms with E-state index in [2.05, 4.69) is 0 Å². The molecular weight excluding hydrogens is 413 g/mol. The van der Waals surface area contributed by atoms with Crippen LogP contribution >= 0.6 is 0 Å². The number of aliphatic carboxylic acids is 1. The Labute approximate surface area is 185 Å². The van der Waals surface area contributed by atoms with Gasteiger partial charge in [-0.3, -0.25) is 4.79 Å². The topological polar surface area (TPSA) is 37.3 Å². The summed E-state index contributed by atoms with van der Waals surface area (Å²) in [5.41, 5.74) is 3.60. The Balaban J connectivity index is 1.53. The Kier molecular flexibility index (Phi) is 6.35. The number of rotatable bonds is 9. The van der Waals surface area contributed by atoms with E-state index >= 15 is 8.78 Å². The molecule has 0 spiro atoms. The van der Waals surface area contributed by atoms with E-state index in [0.717, 1.165) is 11.1 Å². The molecule has 0 aromatic heterocycles. The van der Waals surface area contributed by atoms with E-state index in [-0.39, 0.29) is 17.5 Å². The molecule has 0 unspecified atom stereocenters. The fourth-order valence-electron chi connectivity index (χ4n) is 4.04. The van der Waals surface area contributed by atoms with E-state index in [1.807, 2.05) is 24.3 Å². The van der Waals surface area contributed by atoms with Gasteiger partial charge in [0.1, 0.15) is 5.82 Å². The summed E-state index contributed by atoms with van der Waals surface area (Å²) in [4.78, 5) is 10.6. The maximum Gasteiger partial charge on any atom is 0.303 e. The van der Waals surface area contributed by atoms with Crippen molar-refractivity contribution in [1.82, 2.24) is 0 Å². The van der Waals surface area contributed by atoms with Gasteiger partial charge in [-0.25, -0.2) is 13.2 Å². The molecular formula is C27H25F3O2. The molecule has 0 radical (unpaired) electrons. The zero-order valence-electron chi connectivity index (χ0n) is 17.7. The number of carboxylic acids is 1. The highest BCUT2D eigenvalue weighted by atomic mass is 19.3. The molecule has 32 heavy (non-hydrogen) atoms. The van der Waals surface area contributed by atoms with Gasteiger partial charge in [0, 0.05) is 18.4 Å². The fraction of sp³-hybridized carbons (Fsp3) is 0.296. The van der Waals surface area contributed by atoms with Crippen molar-refractivity contribution in [3.63, 3.8) is 0 Å². The van der Waals surface area contributed by atoms with Crippen molar-refractivity contribution in [1.29, 1.82) is 0 Å². The number of carboxylic acid groups (broad SMARTS) is 1. The second-order valence-corrected chi connectivity index (χ2v) is 8.52. The summed E-state index contributed by atoms with van der Waals surface area (Å²) in [6.07, 6.45) is 2.78. The first-order chi connectivity index (χ1) is 15.3. The first-order valence-electron chi connectivity index (χ1n) is 10.9. The zero-order valence-corrected chi connectivity index (χ0v) is 17.7. The van der Waals surface area contributed by atoms with E-state index in [1.165, 1.54) is 42.7 Å². The number of hydrogen-bond acceptors (Lipinski definition) is 1. The van der Waals surface area contributed by atoms with Crippen LogP contribution in [0.15, 0.2) is 66.7 Å². The predicted molar refractivity (Wildman–Crippen MR) is 118 cm³/mol. The molecule has 166 valence electrons. The van der Waals surface area contributed by atoms with Gasteiger partial charge in [0.25, 0.3) is 5.92 Å². The average Bonchev–Trinajstić information content (AvgIpc) is 3.59. The summed E-state index contributed by atoms with van der Waals surface area (Å²) in [6.45, 7) is 0. The van der Waals surface area contributed by atoms with Crippen LogP contribution in [0.2, 0.25) is 0 Å². The summed E-state index contributed by atoms with van der Waals surface area (Å²) in [5, 5.41) is 8.72. The van der Waals surface area contributed by atoms with Crippen molar-refractivity contribution in [3.8, 4) is 11.1 Å². The van der Waals surface area contributed by atoms with Gasteiger partial charge >= 0.3 is 5.97 Å². The summed E-state index contributed by atoms with van der Waals surface area (Å²) in [7, 11) is 0. The largest absolute Gasteiger partial charge is 0.481 e. The number of benzene rings is 3. The number of carbonyl (C=O) groups is 1. The van der Waals surface area contributed by atoms with Crippen LogP contribution in [-0.4, -0.2) is 11.1 Å². The second-order valence-electron chi connectivity index (χ2n) is 8.52. The molecule has 0 saturated heterocycles.